The van der Waals surface area contributed by atoms with Crippen molar-refractivity contribution >= 4 is 23.7 Å². The molecule has 6 heteroatoms. The van der Waals surface area contributed by atoms with Crippen molar-refractivity contribution in [1.82, 2.24) is 5.43 Å². The fraction of sp³-hybridized carbons (Fsp3) is 0.250. The third kappa shape index (κ3) is 5.44. The number of hydrogen-bond acceptors (Lipinski definition) is 4. The van der Waals surface area contributed by atoms with Gasteiger partial charge in [0.2, 0.25) is 0 Å². The lowest BCUT2D eigenvalue weighted by molar-refractivity contribution is -0.136. The molecule has 0 heterocycles. The lowest BCUT2D eigenvalue weighted by atomic mass is 9.87. The highest BCUT2D eigenvalue weighted by molar-refractivity contribution is 6.39. The average Bonchev–Trinajstić information content (AvgIpc) is 2.62. The average molecular weight is 353 g/mol. The number of hydrazone groups is 1. The van der Waals surface area contributed by atoms with E-state index >= 15 is 0 Å². The number of ether oxygens (including phenoxy) is 1. The summed E-state index contributed by atoms with van der Waals surface area (Å²) in [6.07, 6.45) is 1.49. The van der Waals surface area contributed by atoms with E-state index in [9.17, 15) is 9.59 Å². The van der Waals surface area contributed by atoms with Gasteiger partial charge in [-0.05, 0) is 40.8 Å². The molecule has 2 aromatic carbocycles. The van der Waals surface area contributed by atoms with Crippen LogP contribution in [0.25, 0.3) is 0 Å². The minimum absolute atomic E-state index is 0.0729. The second-order valence-electron chi connectivity index (χ2n) is 6.75. The fourth-order valence-electron chi connectivity index (χ4n) is 2.15. The van der Waals surface area contributed by atoms with E-state index in [1.807, 2.05) is 24.3 Å². The molecule has 0 spiro atoms. The number of carbonyl (C=O) groups is 2. The third-order valence-electron chi connectivity index (χ3n) is 3.71. The maximum Gasteiger partial charge on any atom is 0.329 e. The van der Waals surface area contributed by atoms with Crippen molar-refractivity contribution in [3.8, 4) is 5.75 Å². The molecule has 2 aromatic rings. The van der Waals surface area contributed by atoms with Gasteiger partial charge in [0.15, 0.2) is 0 Å². The molecule has 0 saturated carbocycles. The topological polar surface area (TPSA) is 79.8 Å². The Bertz CT molecular complexity index is 789. The number of carbonyl (C=O) groups excluding carboxylic acids is 2. The summed E-state index contributed by atoms with van der Waals surface area (Å²) in [5, 5.41) is 6.30. The molecule has 0 aliphatic rings. The van der Waals surface area contributed by atoms with Gasteiger partial charge in [-0.2, -0.15) is 5.10 Å². The van der Waals surface area contributed by atoms with Gasteiger partial charge in [-0.25, -0.2) is 5.43 Å². The predicted octanol–water partition coefficient (Wildman–Crippen LogP) is 3.08. The molecule has 0 aliphatic carbocycles. The monoisotopic (exact) mass is 353 g/mol. The molecule has 0 aliphatic heterocycles. The van der Waals surface area contributed by atoms with E-state index in [2.05, 4.69) is 36.6 Å². The summed E-state index contributed by atoms with van der Waals surface area (Å²) in [5.74, 6) is -0.978. The zero-order valence-corrected chi connectivity index (χ0v) is 15.4. The Balaban J connectivity index is 1.88. The molecule has 0 atom stereocenters. The van der Waals surface area contributed by atoms with E-state index in [1.54, 1.807) is 31.4 Å². The predicted molar refractivity (Wildman–Crippen MR) is 103 cm³/mol. The quantitative estimate of drug-likeness (QED) is 0.504. The van der Waals surface area contributed by atoms with Crippen LogP contribution in [0.2, 0.25) is 0 Å². The van der Waals surface area contributed by atoms with E-state index in [-0.39, 0.29) is 5.41 Å². The van der Waals surface area contributed by atoms with Gasteiger partial charge in [0.25, 0.3) is 0 Å². The molecule has 0 unspecified atom stereocenters. The summed E-state index contributed by atoms with van der Waals surface area (Å²) in [7, 11) is 1.55. The molecule has 0 radical (unpaired) electrons. The van der Waals surface area contributed by atoms with Crippen molar-refractivity contribution in [2.45, 2.75) is 26.2 Å². The second kappa shape index (κ2) is 8.29. The SMILES string of the molecule is COc1ccc(NC(=O)C(=O)N/N=C/c2ccc(C(C)(C)C)cc2)cc1. The molecule has 6 nitrogen and oxygen atoms in total. The maximum atomic E-state index is 11.8. The first-order chi connectivity index (χ1) is 12.3. The van der Waals surface area contributed by atoms with Crippen LogP contribution in [0.4, 0.5) is 5.69 Å². The molecule has 0 aromatic heterocycles. The largest absolute Gasteiger partial charge is 0.497 e. The Hall–Kier alpha value is -3.15. The Morgan fingerprint density at radius 3 is 2.12 bits per heavy atom. The third-order valence-corrected chi connectivity index (χ3v) is 3.71. The summed E-state index contributed by atoms with van der Waals surface area (Å²) in [6.45, 7) is 6.41. The number of hydrogen-bond donors (Lipinski definition) is 2. The number of anilines is 1. The van der Waals surface area contributed by atoms with Crippen LogP contribution < -0.4 is 15.5 Å². The van der Waals surface area contributed by atoms with Gasteiger partial charge in [0.05, 0.1) is 13.3 Å². The van der Waals surface area contributed by atoms with E-state index < -0.39 is 11.8 Å². The summed E-state index contributed by atoms with van der Waals surface area (Å²) < 4.78 is 5.03. The zero-order valence-electron chi connectivity index (χ0n) is 15.4. The van der Waals surface area contributed by atoms with E-state index in [0.29, 0.717) is 11.4 Å². The van der Waals surface area contributed by atoms with Crippen LogP contribution in [-0.2, 0) is 15.0 Å². The van der Waals surface area contributed by atoms with Gasteiger partial charge in [0, 0.05) is 5.69 Å². The number of benzene rings is 2. The second-order valence-corrected chi connectivity index (χ2v) is 6.75. The van der Waals surface area contributed by atoms with Crippen molar-refractivity contribution in [2.75, 3.05) is 12.4 Å². The molecule has 2 amide bonds. The minimum atomic E-state index is -0.844. The summed E-state index contributed by atoms with van der Waals surface area (Å²) in [4.78, 5) is 23.6. The standard InChI is InChI=1S/C20H23N3O3/c1-20(2,3)15-7-5-14(6-8-15)13-21-23-19(25)18(24)22-16-9-11-17(26-4)12-10-16/h5-13H,1-4H3,(H,22,24)(H,23,25)/b21-13+. The lowest BCUT2D eigenvalue weighted by Gasteiger charge is -2.18. The summed E-state index contributed by atoms with van der Waals surface area (Å²) in [6, 6.07) is 14.5. The Morgan fingerprint density at radius 2 is 1.58 bits per heavy atom. The number of amides is 2. The van der Waals surface area contributed by atoms with Gasteiger partial charge in [-0.1, -0.05) is 45.0 Å². The van der Waals surface area contributed by atoms with E-state index in [1.165, 1.54) is 11.8 Å². The highest BCUT2D eigenvalue weighted by atomic mass is 16.5. The van der Waals surface area contributed by atoms with Crippen LogP contribution >= 0.6 is 0 Å². The van der Waals surface area contributed by atoms with Crippen LogP contribution in [0.15, 0.2) is 53.6 Å². The van der Waals surface area contributed by atoms with Gasteiger partial charge < -0.3 is 10.1 Å². The van der Waals surface area contributed by atoms with Crippen molar-refractivity contribution in [3.63, 3.8) is 0 Å². The Labute approximate surface area is 153 Å². The highest BCUT2D eigenvalue weighted by Crippen LogP contribution is 2.21. The van der Waals surface area contributed by atoms with E-state index in [4.69, 9.17) is 4.74 Å². The molecule has 0 fully saturated rings. The molecular formula is C20H23N3O3. The van der Waals surface area contributed by atoms with Crippen molar-refractivity contribution < 1.29 is 14.3 Å². The van der Waals surface area contributed by atoms with Gasteiger partial charge in [-0.15, -0.1) is 0 Å². The molecule has 136 valence electrons. The van der Waals surface area contributed by atoms with Crippen molar-refractivity contribution in [2.24, 2.45) is 5.10 Å². The number of rotatable bonds is 4. The smallest absolute Gasteiger partial charge is 0.329 e. The van der Waals surface area contributed by atoms with Crippen LogP contribution in [0.1, 0.15) is 31.9 Å². The summed E-state index contributed by atoms with van der Waals surface area (Å²) in [5.41, 5.74) is 4.81. The molecule has 2 N–H and O–H groups in total. The fourth-order valence-corrected chi connectivity index (χ4v) is 2.15. The van der Waals surface area contributed by atoms with Crippen LogP contribution in [-0.4, -0.2) is 25.1 Å². The molecular weight excluding hydrogens is 330 g/mol. The number of methoxy groups -OCH3 is 1. The van der Waals surface area contributed by atoms with Crippen LogP contribution in [0.3, 0.4) is 0 Å². The Morgan fingerprint density at radius 1 is 0.962 bits per heavy atom. The molecule has 0 saturated heterocycles. The normalized spacial score (nSPS) is 11.2. The minimum Gasteiger partial charge on any atom is -0.497 e. The number of nitrogens with zero attached hydrogens (tertiary/aromatic N) is 1. The molecule has 26 heavy (non-hydrogen) atoms. The summed E-state index contributed by atoms with van der Waals surface area (Å²) >= 11 is 0. The van der Waals surface area contributed by atoms with Gasteiger partial charge in [-0.3, -0.25) is 9.59 Å². The van der Waals surface area contributed by atoms with Crippen molar-refractivity contribution in [3.05, 3.63) is 59.7 Å². The first-order valence-corrected chi connectivity index (χ1v) is 8.18. The first kappa shape index (κ1) is 19.2. The van der Waals surface area contributed by atoms with E-state index in [0.717, 1.165) is 5.56 Å². The van der Waals surface area contributed by atoms with Gasteiger partial charge >= 0.3 is 11.8 Å². The maximum absolute atomic E-state index is 11.8. The van der Waals surface area contributed by atoms with Crippen LogP contribution in [0, 0.1) is 0 Å². The lowest BCUT2D eigenvalue weighted by Crippen LogP contribution is -2.32. The van der Waals surface area contributed by atoms with Gasteiger partial charge in [0.1, 0.15) is 5.75 Å². The van der Waals surface area contributed by atoms with Crippen LogP contribution in [0.5, 0.6) is 5.75 Å². The Kier molecular flexibility index (Phi) is 6.11. The first-order valence-electron chi connectivity index (χ1n) is 8.18. The zero-order chi connectivity index (χ0) is 19.2. The highest BCUT2D eigenvalue weighted by Gasteiger charge is 2.13. The van der Waals surface area contributed by atoms with Crippen molar-refractivity contribution in [1.29, 1.82) is 0 Å². The molecule has 0 bridgehead atoms. The molecule has 2 rings (SSSR count). The number of nitrogens with one attached hydrogen (secondary N) is 2.